The van der Waals surface area contributed by atoms with Crippen molar-refractivity contribution in [2.24, 2.45) is 5.41 Å². The van der Waals surface area contributed by atoms with Gasteiger partial charge >= 0.3 is 5.97 Å². The van der Waals surface area contributed by atoms with Crippen molar-refractivity contribution in [2.75, 3.05) is 13.2 Å². The van der Waals surface area contributed by atoms with Crippen molar-refractivity contribution in [1.82, 2.24) is 9.78 Å². The molecule has 0 amide bonds. The normalized spacial score (nSPS) is 17.5. The summed E-state index contributed by atoms with van der Waals surface area (Å²) < 4.78 is 13.0. The van der Waals surface area contributed by atoms with Crippen LogP contribution >= 0.6 is 0 Å². The highest BCUT2D eigenvalue weighted by molar-refractivity contribution is 5.90. The predicted octanol–water partition coefficient (Wildman–Crippen LogP) is 3.14. The van der Waals surface area contributed by atoms with E-state index in [0.717, 1.165) is 31.7 Å². The minimum absolute atomic E-state index is 0.202. The number of aromatic nitrogens is 2. The summed E-state index contributed by atoms with van der Waals surface area (Å²) in [6.07, 6.45) is 8.92. The minimum atomic E-state index is -0.351. The van der Waals surface area contributed by atoms with Crippen molar-refractivity contribution >= 4 is 5.97 Å². The standard InChI is InChI=1S/C18H26N2O3/c1-6-7-16(18(3,4)5)23-17(21)15-12-19-20(13(15)2)14-8-10-22-11-9-14/h1,12,14,16H,7-11H2,2-5H3. The second-order valence-corrected chi connectivity index (χ2v) is 7.10. The summed E-state index contributed by atoms with van der Waals surface area (Å²) in [4.78, 5) is 12.5. The Bertz CT molecular complexity index is 586. The Morgan fingerprint density at radius 1 is 1.52 bits per heavy atom. The molecule has 23 heavy (non-hydrogen) atoms. The van der Waals surface area contributed by atoms with Crippen LogP contribution in [0.3, 0.4) is 0 Å². The van der Waals surface area contributed by atoms with Crippen LogP contribution in [0.15, 0.2) is 6.20 Å². The largest absolute Gasteiger partial charge is 0.457 e. The van der Waals surface area contributed by atoms with E-state index in [1.165, 1.54) is 0 Å². The van der Waals surface area contributed by atoms with Gasteiger partial charge in [0.05, 0.1) is 17.9 Å². The summed E-state index contributed by atoms with van der Waals surface area (Å²) in [5.74, 6) is 2.24. The summed E-state index contributed by atoms with van der Waals surface area (Å²) in [7, 11) is 0. The number of ether oxygens (including phenoxy) is 2. The Morgan fingerprint density at radius 3 is 2.74 bits per heavy atom. The molecule has 0 bridgehead atoms. The van der Waals surface area contributed by atoms with Gasteiger partial charge in [-0.1, -0.05) is 20.8 Å². The number of hydrogen-bond donors (Lipinski definition) is 0. The maximum atomic E-state index is 12.5. The summed E-state index contributed by atoms with van der Waals surface area (Å²) >= 11 is 0. The molecule has 1 atom stereocenters. The van der Waals surface area contributed by atoms with Crippen molar-refractivity contribution < 1.29 is 14.3 Å². The number of rotatable bonds is 4. The fourth-order valence-corrected chi connectivity index (χ4v) is 2.75. The summed E-state index contributed by atoms with van der Waals surface area (Å²) in [6, 6.07) is 0.287. The Labute approximate surface area is 138 Å². The molecular weight excluding hydrogens is 292 g/mol. The van der Waals surface area contributed by atoms with Gasteiger partial charge < -0.3 is 9.47 Å². The van der Waals surface area contributed by atoms with Crippen molar-refractivity contribution in [1.29, 1.82) is 0 Å². The van der Waals surface area contributed by atoms with Crippen LogP contribution in [0, 0.1) is 24.7 Å². The summed E-state index contributed by atoms with van der Waals surface area (Å²) in [5, 5.41) is 4.40. The molecule has 0 saturated carbocycles. The topological polar surface area (TPSA) is 53.3 Å². The second-order valence-electron chi connectivity index (χ2n) is 7.10. The molecule has 0 aliphatic carbocycles. The maximum Gasteiger partial charge on any atom is 0.341 e. The van der Waals surface area contributed by atoms with Gasteiger partial charge in [-0.15, -0.1) is 12.3 Å². The number of esters is 1. The summed E-state index contributed by atoms with van der Waals surface area (Å²) in [5.41, 5.74) is 1.16. The van der Waals surface area contributed by atoms with E-state index in [-0.39, 0.29) is 23.5 Å². The number of hydrogen-bond acceptors (Lipinski definition) is 4. The lowest BCUT2D eigenvalue weighted by Crippen LogP contribution is -2.31. The monoisotopic (exact) mass is 318 g/mol. The maximum absolute atomic E-state index is 12.5. The quantitative estimate of drug-likeness (QED) is 0.632. The molecule has 1 aromatic rings. The van der Waals surface area contributed by atoms with Crippen LogP contribution in [-0.2, 0) is 9.47 Å². The molecule has 1 aliphatic heterocycles. The molecule has 0 N–H and O–H groups in total. The molecule has 2 rings (SSSR count). The first-order chi connectivity index (χ1) is 10.8. The third-order valence-electron chi connectivity index (χ3n) is 4.32. The van der Waals surface area contributed by atoms with Gasteiger partial charge in [-0.05, 0) is 25.2 Å². The van der Waals surface area contributed by atoms with E-state index in [2.05, 4.69) is 11.0 Å². The average molecular weight is 318 g/mol. The van der Waals surface area contributed by atoms with Crippen LogP contribution in [0.25, 0.3) is 0 Å². The number of terminal acetylenes is 1. The molecule has 2 heterocycles. The van der Waals surface area contributed by atoms with Gasteiger partial charge in [-0.25, -0.2) is 4.79 Å². The molecule has 5 nitrogen and oxygen atoms in total. The highest BCUT2D eigenvalue weighted by Gasteiger charge is 2.30. The van der Waals surface area contributed by atoms with Gasteiger partial charge in [0.25, 0.3) is 0 Å². The van der Waals surface area contributed by atoms with Gasteiger partial charge in [-0.3, -0.25) is 4.68 Å². The zero-order chi connectivity index (χ0) is 17.0. The van der Waals surface area contributed by atoms with Crippen LogP contribution in [0.2, 0.25) is 0 Å². The Balaban J connectivity index is 2.13. The highest BCUT2D eigenvalue weighted by Crippen LogP contribution is 2.27. The van der Waals surface area contributed by atoms with Gasteiger partial charge in [0.2, 0.25) is 0 Å². The smallest absolute Gasteiger partial charge is 0.341 e. The van der Waals surface area contributed by atoms with Crippen LogP contribution in [0.5, 0.6) is 0 Å². The molecular formula is C18H26N2O3. The van der Waals surface area contributed by atoms with Crippen molar-refractivity contribution in [3.05, 3.63) is 17.5 Å². The van der Waals surface area contributed by atoms with E-state index >= 15 is 0 Å². The predicted molar refractivity (Wildman–Crippen MR) is 88.2 cm³/mol. The first-order valence-corrected chi connectivity index (χ1v) is 8.11. The van der Waals surface area contributed by atoms with Crippen molar-refractivity contribution in [3.8, 4) is 12.3 Å². The highest BCUT2D eigenvalue weighted by atomic mass is 16.5. The molecule has 126 valence electrons. The van der Waals surface area contributed by atoms with Crippen LogP contribution in [0.1, 0.15) is 62.1 Å². The summed E-state index contributed by atoms with van der Waals surface area (Å²) in [6.45, 7) is 9.42. The van der Waals surface area contributed by atoms with Crippen LogP contribution in [0.4, 0.5) is 0 Å². The van der Waals surface area contributed by atoms with Gasteiger partial charge in [0.1, 0.15) is 11.7 Å². The van der Waals surface area contributed by atoms with E-state index in [0.29, 0.717) is 12.0 Å². The van der Waals surface area contributed by atoms with Crippen LogP contribution < -0.4 is 0 Å². The molecule has 0 radical (unpaired) electrons. The molecule has 1 fully saturated rings. The zero-order valence-electron chi connectivity index (χ0n) is 14.5. The van der Waals surface area contributed by atoms with Crippen LogP contribution in [-0.4, -0.2) is 35.1 Å². The van der Waals surface area contributed by atoms with Gasteiger partial charge in [0, 0.05) is 19.6 Å². The first kappa shape index (κ1) is 17.6. The lowest BCUT2D eigenvalue weighted by atomic mass is 9.87. The molecule has 1 aliphatic rings. The lowest BCUT2D eigenvalue weighted by Gasteiger charge is -2.29. The molecule has 1 saturated heterocycles. The van der Waals surface area contributed by atoms with E-state index < -0.39 is 0 Å². The Morgan fingerprint density at radius 2 is 2.17 bits per heavy atom. The van der Waals surface area contributed by atoms with Gasteiger partial charge in [0.15, 0.2) is 0 Å². The number of nitrogens with zero attached hydrogens (tertiary/aromatic N) is 2. The van der Waals surface area contributed by atoms with Gasteiger partial charge in [-0.2, -0.15) is 5.10 Å². The zero-order valence-corrected chi connectivity index (χ0v) is 14.5. The molecule has 0 spiro atoms. The lowest BCUT2D eigenvalue weighted by molar-refractivity contribution is -0.000653. The third kappa shape index (κ3) is 4.14. The molecule has 0 aromatic carbocycles. The fourth-order valence-electron chi connectivity index (χ4n) is 2.75. The molecule has 1 unspecified atom stereocenters. The number of carbonyl (C=O) groups is 1. The third-order valence-corrected chi connectivity index (χ3v) is 4.32. The van der Waals surface area contributed by atoms with E-state index in [4.69, 9.17) is 15.9 Å². The minimum Gasteiger partial charge on any atom is -0.457 e. The van der Waals surface area contributed by atoms with E-state index in [9.17, 15) is 4.79 Å². The van der Waals surface area contributed by atoms with Crippen molar-refractivity contribution in [3.63, 3.8) is 0 Å². The number of carbonyl (C=O) groups excluding carboxylic acids is 1. The molecule has 1 aromatic heterocycles. The SMILES string of the molecule is C#CCC(OC(=O)c1cnn(C2CCOCC2)c1C)C(C)(C)C. The Hall–Kier alpha value is -1.80. The van der Waals surface area contributed by atoms with E-state index in [1.54, 1.807) is 6.20 Å². The second kappa shape index (κ2) is 7.18. The van der Waals surface area contributed by atoms with Crippen molar-refractivity contribution in [2.45, 2.75) is 59.1 Å². The Kier molecular flexibility index (Phi) is 5.48. The van der Waals surface area contributed by atoms with E-state index in [1.807, 2.05) is 32.4 Å². The molecule has 5 heteroatoms. The fraction of sp³-hybridized carbons (Fsp3) is 0.667. The first-order valence-electron chi connectivity index (χ1n) is 8.11. The average Bonchev–Trinajstić information content (AvgIpc) is 2.88.